The van der Waals surface area contributed by atoms with Crippen LogP contribution in [0.5, 0.6) is 0 Å². The van der Waals surface area contributed by atoms with E-state index in [1.54, 1.807) is 6.26 Å². The number of likely N-dealkylation sites (tertiary alicyclic amines) is 1. The lowest BCUT2D eigenvalue weighted by Crippen LogP contribution is -2.42. The Morgan fingerprint density at radius 2 is 2.62 bits per heavy atom. The minimum absolute atomic E-state index is 0.334. The van der Waals surface area contributed by atoms with Crippen LogP contribution in [0.25, 0.3) is 0 Å². The summed E-state index contributed by atoms with van der Waals surface area (Å²) in [6.07, 6.45) is 3.95. The van der Waals surface area contributed by atoms with Gasteiger partial charge in [-0.25, -0.2) is 0 Å². The molecule has 72 valence electrons. The summed E-state index contributed by atoms with van der Waals surface area (Å²) in [6.45, 7) is 2.97. The van der Waals surface area contributed by atoms with Crippen LogP contribution in [-0.2, 0) is 6.54 Å². The molecule has 2 rings (SSSR count). The van der Waals surface area contributed by atoms with Crippen LogP contribution in [0.1, 0.15) is 18.5 Å². The zero-order valence-corrected chi connectivity index (χ0v) is 7.65. The molecule has 0 spiro atoms. The zero-order valence-electron chi connectivity index (χ0n) is 7.65. The average molecular weight is 181 g/mol. The molecule has 0 aliphatic carbocycles. The van der Waals surface area contributed by atoms with Gasteiger partial charge in [-0.3, -0.25) is 4.90 Å². The van der Waals surface area contributed by atoms with E-state index in [0.717, 1.165) is 31.7 Å². The summed E-state index contributed by atoms with van der Waals surface area (Å²) in [5.74, 6) is 0. The second-order valence-corrected chi connectivity index (χ2v) is 3.63. The Morgan fingerprint density at radius 3 is 3.31 bits per heavy atom. The highest BCUT2D eigenvalue weighted by Gasteiger charge is 2.17. The molecule has 2 heterocycles. The van der Waals surface area contributed by atoms with Crippen molar-refractivity contribution in [1.29, 1.82) is 0 Å². The van der Waals surface area contributed by atoms with Crippen molar-refractivity contribution < 1.29 is 4.52 Å². The van der Waals surface area contributed by atoms with Gasteiger partial charge in [0.05, 0.1) is 5.69 Å². The molecule has 1 atom stereocenters. The molecule has 1 aliphatic heterocycles. The van der Waals surface area contributed by atoms with Gasteiger partial charge in [-0.1, -0.05) is 5.16 Å². The minimum atomic E-state index is 0.334. The van der Waals surface area contributed by atoms with Crippen LogP contribution in [0.3, 0.4) is 0 Å². The van der Waals surface area contributed by atoms with Gasteiger partial charge in [0.2, 0.25) is 0 Å². The molecular weight excluding hydrogens is 166 g/mol. The molecule has 13 heavy (non-hydrogen) atoms. The topological polar surface area (TPSA) is 55.3 Å². The molecule has 1 unspecified atom stereocenters. The van der Waals surface area contributed by atoms with Crippen molar-refractivity contribution in [2.24, 2.45) is 5.73 Å². The molecule has 2 N–H and O–H groups in total. The Hall–Kier alpha value is -0.870. The predicted molar refractivity (Wildman–Crippen MR) is 49.0 cm³/mol. The molecule has 1 saturated heterocycles. The standard InChI is InChI=1S/C9H15N3O/c10-8-2-1-4-12(6-8)7-9-3-5-13-11-9/h3,5,8H,1-2,4,6-7,10H2. The Labute approximate surface area is 77.7 Å². The second kappa shape index (κ2) is 3.89. The van der Waals surface area contributed by atoms with Gasteiger partial charge in [-0.2, -0.15) is 0 Å². The van der Waals surface area contributed by atoms with Crippen LogP contribution in [0.15, 0.2) is 16.9 Å². The summed E-state index contributed by atoms with van der Waals surface area (Å²) in [7, 11) is 0. The fourth-order valence-corrected chi connectivity index (χ4v) is 1.78. The first kappa shape index (κ1) is 8.72. The Morgan fingerprint density at radius 1 is 1.69 bits per heavy atom. The molecule has 1 aromatic rings. The Bertz CT molecular complexity index is 247. The van der Waals surface area contributed by atoms with Crippen LogP contribution in [-0.4, -0.2) is 29.2 Å². The number of nitrogens with two attached hydrogens (primary N) is 1. The third-order valence-corrected chi connectivity index (χ3v) is 2.42. The molecule has 1 aromatic heterocycles. The first-order valence-electron chi connectivity index (χ1n) is 4.72. The van der Waals surface area contributed by atoms with Gasteiger partial charge in [0, 0.05) is 25.2 Å². The largest absolute Gasteiger partial charge is 0.364 e. The molecule has 0 aromatic carbocycles. The summed E-state index contributed by atoms with van der Waals surface area (Å²) >= 11 is 0. The van der Waals surface area contributed by atoms with Crippen LogP contribution < -0.4 is 5.73 Å². The van der Waals surface area contributed by atoms with E-state index in [2.05, 4.69) is 10.1 Å². The molecule has 0 saturated carbocycles. The molecular formula is C9H15N3O. The van der Waals surface area contributed by atoms with E-state index in [-0.39, 0.29) is 0 Å². The maximum atomic E-state index is 5.87. The average Bonchev–Trinajstić information content (AvgIpc) is 2.57. The van der Waals surface area contributed by atoms with E-state index >= 15 is 0 Å². The maximum absolute atomic E-state index is 5.87. The van der Waals surface area contributed by atoms with Crippen LogP contribution in [0, 0.1) is 0 Å². The molecule has 0 amide bonds. The zero-order chi connectivity index (χ0) is 9.10. The highest BCUT2D eigenvalue weighted by Crippen LogP contribution is 2.11. The van der Waals surface area contributed by atoms with Crippen molar-refractivity contribution in [3.05, 3.63) is 18.0 Å². The lowest BCUT2D eigenvalue weighted by molar-refractivity contribution is 0.196. The van der Waals surface area contributed by atoms with E-state index in [1.807, 2.05) is 6.07 Å². The van der Waals surface area contributed by atoms with Crippen LogP contribution >= 0.6 is 0 Å². The van der Waals surface area contributed by atoms with Crippen LogP contribution in [0.2, 0.25) is 0 Å². The summed E-state index contributed by atoms with van der Waals surface area (Å²) in [4.78, 5) is 2.33. The molecule has 1 aliphatic rings. The smallest absolute Gasteiger partial charge is 0.124 e. The third-order valence-electron chi connectivity index (χ3n) is 2.42. The lowest BCUT2D eigenvalue weighted by atomic mass is 10.1. The quantitative estimate of drug-likeness (QED) is 0.725. The highest BCUT2D eigenvalue weighted by molar-refractivity contribution is 4.95. The van der Waals surface area contributed by atoms with E-state index in [0.29, 0.717) is 6.04 Å². The molecule has 0 radical (unpaired) electrons. The minimum Gasteiger partial charge on any atom is -0.364 e. The van der Waals surface area contributed by atoms with E-state index in [4.69, 9.17) is 10.3 Å². The number of piperidine rings is 1. The number of aromatic nitrogens is 1. The Kier molecular flexibility index (Phi) is 2.61. The van der Waals surface area contributed by atoms with Crippen molar-refractivity contribution in [2.75, 3.05) is 13.1 Å². The molecule has 1 fully saturated rings. The molecule has 0 bridgehead atoms. The summed E-state index contributed by atoms with van der Waals surface area (Å²) < 4.78 is 4.77. The van der Waals surface area contributed by atoms with Gasteiger partial charge in [-0.15, -0.1) is 0 Å². The Balaban J connectivity index is 1.87. The maximum Gasteiger partial charge on any atom is 0.124 e. The summed E-state index contributed by atoms with van der Waals surface area (Å²) in [5, 5.41) is 3.88. The predicted octanol–water partition coefficient (Wildman–Crippen LogP) is 0.598. The normalized spacial score (nSPS) is 24.8. The van der Waals surface area contributed by atoms with Crippen LogP contribution in [0.4, 0.5) is 0 Å². The van der Waals surface area contributed by atoms with E-state index in [1.165, 1.54) is 6.42 Å². The van der Waals surface area contributed by atoms with Gasteiger partial charge in [-0.05, 0) is 19.4 Å². The van der Waals surface area contributed by atoms with Gasteiger partial charge in [0.25, 0.3) is 0 Å². The monoisotopic (exact) mass is 181 g/mol. The van der Waals surface area contributed by atoms with Crippen molar-refractivity contribution in [3.8, 4) is 0 Å². The molecule has 4 heteroatoms. The van der Waals surface area contributed by atoms with Crippen molar-refractivity contribution >= 4 is 0 Å². The fraction of sp³-hybridized carbons (Fsp3) is 0.667. The first-order valence-corrected chi connectivity index (χ1v) is 4.72. The van der Waals surface area contributed by atoms with Crippen molar-refractivity contribution in [1.82, 2.24) is 10.1 Å². The number of hydrogen-bond acceptors (Lipinski definition) is 4. The summed E-state index contributed by atoms with van der Waals surface area (Å²) in [6, 6.07) is 2.24. The second-order valence-electron chi connectivity index (χ2n) is 3.63. The summed E-state index contributed by atoms with van der Waals surface area (Å²) in [5.41, 5.74) is 6.86. The highest BCUT2D eigenvalue weighted by atomic mass is 16.5. The van der Waals surface area contributed by atoms with Gasteiger partial charge in [0.1, 0.15) is 6.26 Å². The lowest BCUT2D eigenvalue weighted by Gasteiger charge is -2.29. The van der Waals surface area contributed by atoms with E-state index < -0.39 is 0 Å². The number of nitrogens with zero attached hydrogens (tertiary/aromatic N) is 2. The van der Waals surface area contributed by atoms with Gasteiger partial charge in [0.15, 0.2) is 0 Å². The first-order chi connectivity index (χ1) is 6.34. The number of hydrogen-bond donors (Lipinski definition) is 1. The van der Waals surface area contributed by atoms with E-state index in [9.17, 15) is 0 Å². The van der Waals surface area contributed by atoms with Gasteiger partial charge >= 0.3 is 0 Å². The third kappa shape index (κ3) is 2.29. The SMILES string of the molecule is NC1CCCN(Cc2ccon2)C1. The van der Waals surface area contributed by atoms with Crippen molar-refractivity contribution in [2.45, 2.75) is 25.4 Å². The number of rotatable bonds is 2. The van der Waals surface area contributed by atoms with Crippen molar-refractivity contribution in [3.63, 3.8) is 0 Å². The fourth-order valence-electron chi connectivity index (χ4n) is 1.78. The van der Waals surface area contributed by atoms with Gasteiger partial charge < -0.3 is 10.3 Å². The molecule has 4 nitrogen and oxygen atoms in total.